The highest BCUT2D eigenvalue weighted by molar-refractivity contribution is 4.20. The fraction of sp³-hybridized carbons (Fsp3) is 1.00. The van der Waals surface area contributed by atoms with Crippen LogP contribution in [0.15, 0.2) is 0 Å². The molecule has 0 unspecified atom stereocenters. The van der Waals surface area contributed by atoms with Crippen LogP contribution in [-0.4, -0.2) is 132 Å². The quantitative estimate of drug-likeness (QED) is 0.192. The topological polar surface area (TPSA) is 60.7 Å². The van der Waals surface area contributed by atoms with Gasteiger partial charge in [0.1, 0.15) is 19.6 Å². The summed E-state index contributed by atoms with van der Waals surface area (Å²) in [5.74, 6) is 0. The van der Waals surface area contributed by atoms with Crippen LogP contribution in [-0.2, 0) is 0 Å². The fourth-order valence-electron chi connectivity index (χ4n) is 0.900. The summed E-state index contributed by atoms with van der Waals surface area (Å²) >= 11 is 0. The summed E-state index contributed by atoms with van der Waals surface area (Å²) in [6.45, 7) is 3.34. The molecule has 0 aliphatic heterocycles. The van der Waals surface area contributed by atoms with Crippen molar-refractivity contribution in [3.63, 3.8) is 0 Å². The van der Waals surface area contributed by atoms with E-state index in [1.165, 1.54) is 0 Å². The number of nitrogens with zero attached hydrogens (tertiary/aromatic N) is 3. The lowest BCUT2D eigenvalue weighted by Crippen LogP contribution is -3.00. The van der Waals surface area contributed by atoms with Gasteiger partial charge in [0.15, 0.2) is 0 Å². The zero-order valence-corrected chi connectivity index (χ0v) is 23.5. The van der Waals surface area contributed by atoms with Crippen molar-refractivity contribution < 1.29 is 101 Å². The van der Waals surface area contributed by atoms with E-state index in [2.05, 4.69) is 63.4 Å². The molecular formula is C15H42I3N3O3. The zero-order chi connectivity index (χ0) is 17.7. The fourth-order valence-corrected chi connectivity index (χ4v) is 0.900. The molecule has 0 aromatic carbocycles. The number of rotatable bonds is 6. The predicted molar refractivity (Wildman–Crippen MR) is 90.0 cm³/mol. The van der Waals surface area contributed by atoms with Gasteiger partial charge in [-0.2, -0.15) is 0 Å². The van der Waals surface area contributed by atoms with Gasteiger partial charge in [0, 0.05) is 0 Å². The van der Waals surface area contributed by atoms with Gasteiger partial charge in [-0.25, -0.2) is 0 Å². The number of aliphatic hydroxyl groups is 3. The van der Waals surface area contributed by atoms with Crippen LogP contribution in [0.2, 0.25) is 0 Å². The van der Waals surface area contributed by atoms with Crippen LogP contribution >= 0.6 is 0 Å². The standard InChI is InChI=1S/3C5H14NO.3HI/c3*1-6(2,3)4-5-7;;;/h3*7H,4-5H2,1-3H3;3*1H/q3*+1;;;/p-3. The largest absolute Gasteiger partial charge is 1.00 e. The monoisotopic (exact) mass is 693 g/mol. The zero-order valence-electron chi connectivity index (χ0n) is 17.1. The molecule has 0 aliphatic rings. The van der Waals surface area contributed by atoms with Crippen molar-refractivity contribution in [2.45, 2.75) is 0 Å². The Hall–Kier alpha value is 1.95. The smallest absolute Gasteiger partial charge is 0.101 e. The highest BCUT2D eigenvalue weighted by atomic mass is 127. The Morgan fingerprint density at radius 1 is 0.417 bits per heavy atom. The molecule has 0 heterocycles. The molecule has 0 rings (SSSR count). The van der Waals surface area contributed by atoms with Crippen LogP contribution in [0.4, 0.5) is 0 Å². The first kappa shape index (κ1) is 40.6. The second-order valence-corrected chi connectivity index (χ2v) is 8.21. The van der Waals surface area contributed by atoms with Gasteiger partial charge >= 0.3 is 0 Å². The lowest BCUT2D eigenvalue weighted by atomic mass is 10.5. The maximum atomic E-state index is 8.39. The number of likely N-dealkylation sites (N-methyl/N-ethyl adjacent to an activating group) is 3. The maximum absolute atomic E-state index is 8.39. The van der Waals surface area contributed by atoms with Crippen molar-refractivity contribution in [1.29, 1.82) is 0 Å². The predicted octanol–water partition coefficient (Wildman–Crippen LogP) is -9.93. The highest BCUT2D eigenvalue weighted by Gasteiger charge is 2.03. The van der Waals surface area contributed by atoms with Gasteiger partial charge in [-0.05, 0) is 0 Å². The van der Waals surface area contributed by atoms with Crippen molar-refractivity contribution in [3.05, 3.63) is 0 Å². The first-order valence-electron chi connectivity index (χ1n) is 7.42. The summed E-state index contributed by atoms with van der Waals surface area (Å²) in [7, 11) is 18.5. The van der Waals surface area contributed by atoms with E-state index in [1.807, 2.05) is 0 Å². The Morgan fingerprint density at radius 2 is 0.542 bits per heavy atom. The average molecular weight is 693 g/mol. The first-order valence-corrected chi connectivity index (χ1v) is 7.42. The number of quaternary nitrogens is 3. The Labute approximate surface area is 202 Å². The third-order valence-electron chi connectivity index (χ3n) is 2.31. The normalized spacial score (nSPS) is 10.5. The first-order chi connectivity index (χ1) is 9.18. The van der Waals surface area contributed by atoms with Crippen LogP contribution < -0.4 is 71.9 Å². The van der Waals surface area contributed by atoms with E-state index in [-0.39, 0.29) is 91.8 Å². The van der Waals surface area contributed by atoms with Crippen LogP contribution in [0.25, 0.3) is 0 Å². The van der Waals surface area contributed by atoms with Gasteiger partial charge < -0.3 is 101 Å². The molecule has 0 aromatic rings. The van der Waals surface area contributed by atoms with Crippen LogP contribution in [0, 0.1) is 0 Å². The number of hydrogen-bond donors (Lipinski definition) is 3. The van der Waals surface area contributed by atoms with Crippen molar-refractivity contribution >= 4 is 0 Å². The molecule has 6 nitrogen and oxygen atoms in total. The van der Waals surface area contributed by atoms with Gasteiger partial charge in [-0.15, -0.1) is 0 Å². The second kappa shape index (κ2) is 21.3. The molecule has 156 valence electrons. The molecule has 0 aliphatic carbocycles. The molecule has 0 aromatic heterocycles. The molecule has 0 saturated heterocycles. The number of halogens is 3. The molecule has 0 radical (unpaired) electrons. The Kier molecular flexibility index (Phi) is 35.9. The highest BCUT2D eigenvalue weighted by Crippen LogP contribution is 1.85. The van der Waals surface area contributed by atoms with E-state index >= 15 is 0 Å². The lowest BCUT2D eigenvalue weighted by molar-refractivity contribution is -0.870. The maximum Gasteiger partial charge on any atom is 0.101 e. The van der Waals surface area contributed by atoms with E-state index in [0.29, 0.717) is 0 Å². The minimum absolute atomic E-state index is 0. The summed E-state index contributed by atoms with van der Waals surface area (Å²) in [5, 5.41) is 25.2. The molecule has 0 atom stereocenters. The van der Waals surface area contributed by atoms with Crippen molar-refractivity contribution in [2.75, 3.05) is 103 Å². The minimum Gasteiger partial charge on any atom is -1.00 e. The summed E-state index contributed by atoms with van der Waals surface area (Å²) in [5.41, 5.74) is 0. The summed E-state index contributed by atoms with van der Waals surface area (Å²) in [6.07, 6.45) is 0. The van der Waals surface area contributed by atoms with Crippen LogP contribution in [0.1, 0.15) is 0 Å². The Morgan fingerprint density at radius 3 is 0.542 bits per heavy atom. The van der Waals surface area contributed by atoms with Gasteiger partial charge in [-0.1, -0.05) is 0 Å². The van der Waals surface area contributed by atoms with Crippen LogP contribution in [0.3, 0.4) is 0 Å². The molecule has 0 bridgehead atoms. The lowest BCUT2D eigenvalue weighted by Gasteiger charge is -2.21. The summed E-state index contributed by atoms with van der Waals surface area (Å²) in [4.78, 5) is 0. The van der Waals surface area contributed by atoms with Gasteiger partial charge in [0.25, 0.3) is 0 Å². The molecule has 0 fully saturated rings. The van der Waals surface area contributed by atoms with E-state index in [4.69, 9.17) is 15.3 Å². The number of hydrogen-bond acceptors (Lipinski definition) is 3. The van der Waals surface area contributed by atoms with Gasteiger partial charge in [0.2, 0.25) is 0 Å². The molecule has 0 saturated carbocycles. The molecule has 3 N–H and O–H groups in total. The Bertz CT molecular complexity index is 191. The summed E-state index contributed by atoms with van der Waals surface area (Å²) in [6, 6.07) is 0. The average Bonchev–Trinajstić information content (AvgIpc) is 2.12. The molecule has 9 heteroatoms. The SMILES string of the molecule is C[N+](C)(C)CCO.C[N+](C)(C)CCO.C[N+](C)(C)CCO.[I-].[I-].[I-]. The molecule has 0 spiro atoms. The van der Waals surface area contributed by atoms with E-state index in [9.17, 15) is 0 Å². The van der Waals surface area contributed by atoms with Crippen molar-refractivity contribution in [3.8, 4) is 0 Å². The van der Waals surface area contributed by atoms with Crippen molar-refractivity contribution in [2.24, 2.45) is 0 Å². The van der Waals surface area contributed by atoms with Crippen molar-refractivity contribution in [1.82, 2.24) is 0 Å². The molecule has 0 amide bonds. The van der Waals surface area contributed by atoms with Gasteiger partial charge in [-0.3, -0.25) is 0 Å². The molecular weight excluding hydrogens is 651 g/mol. The molecule has 24 heavy (non-hydrogen) atoms. The van der Waals surface area contributed by atoms with Gasteiger partial charge in [0.05, 0.1) is 83.2 Å². The summed E-state index contributed by atoms with van der Waals surface area (Å²) < 4.78 is 2.53. The Balaban J connectivity index is -0.0000000476. The van der Waals surface area contributed by atoms with E-state index in [0.717, 1.165) is 33.1 Å². The third-order valence-corrected chi connectivity index (χ3v) is 2.31. The minimum atomic E-state index is 0. The number of aliphatic hydroxyl groups excluding tert-OH is 3. The van der Waals surface area contributed by atoms with E-state index in [1.54, 1.807) is 0 Å². The second-order valence-electron chi connectivity index (χ2n) is 8.21. The van der Waals surface area contributed by atoms with E-state index < -0.39 is 0 Å². The van der Waals surface area contributed by atoms with Crippen LogP contribution in [0.5, 0.6) is 0 Å². The third kappa shape index (κ3) is 64.8.